The Morgan fingerprint density at radius 2 is 2.60 bits per heavy atom. The van der Waals surface area contributed by atoms with Crippen molar-refractivity contribution in [3.05, 3.63) is 24.0 Å². The Kier molecular flexibility index (Phi) is 2.10. The van der Waals surface area contributed by atoms with Gasteiger partial charge in [-0.05, 0) is 19.1 Å². The number of rotatable bonds is 2. The average Bonchev–Trinajstić information content (AvgIpc) is 2.36. The molecule has 3 nitrogen and oxygen atoms in total. The molecular weight excluding hydrogens is 128 g/mol. The maximum absolute atomic E-state index is 8.21. The number of hydrogen-bond acceptors (Lipinski definition) is 2. The minimum atomic E-state index is 0.897. The standard InChI is InChI=1S/C7H10N2O/c1-2-9-5-3-4-7(9)6-8-10/h3-6,10H,2H2,1H3. The predicted molar refractivity (Wildman–Crippen MR) is 39.5 cm³/mol. The fourth-order valence-corrected chi connectivity index (χ4v) is 0.892. The van der Waals surface area contributed by atoms with Gasteiger partial charge in [0, 0.05) is 12.7 Å². The van der Waals surface area contributed by atoms with Gasteiger partial charge in [0.1, 0.15) is 0 Å². The van der Waals surface area contributed by atoms with Crippen LogP contribution in [0, 0.1) is 0 Å². The summed E-state index contributed by atoms with van der Waals surface area (Å²) < 4.78 is 1.99. The molecule has 1 rings (SSSR count). The first kappa shape index (κ1) is 6.86. The molecule has 3 heteroatoms. The summed E-state index contributed by atoms with van der Waals surface area (Å²) in [6, 6.07) is 3.81. The first-order valence-electron chi connectivity index (χ1n) is 3.21. The third kappa shape index (κ3) is 1.18. The molecule has 0 aliphatic rings. The van der Waals surface area contributed by atoms with Crippen LogP contribution in [0.15, 0.2) is 23.5 Å². The Bertz CT molecular complexity index is 227. The van der Waals surface area contributed by atoms with Gasteiger partial charge in [0.15, 0.2) is 0 Å². The Morgan fingerprint density at radius 3 is 3.20 bits per heavy atom. The molecule has 0 amide bonds. The van der Waals surface area contributed by atoms with Crippen LogP contribution in [0.5, 0.6) is 0 Å². The van der Waals surface area contributed by atoms with Crippen LogP contribution in [0.3, 0.4) is 0 Å². The first-order valence-corrected chi connectivity index (χ1v) is 3.21. The SMILES string of the molecule is CCn1cccc1C=NO. The van der Waals surface area contributed by atoms with E-state index in [1.807, 2.05) is 29.8 Å². The molecule has 0 saturated heterocycles. The van der Waals surface area contributed by atoms with Crippen molar-refractivity contribution in [2.24, 2.45) is 5.16 Å². The molecule has 0 bridgehead atoms. The van der Waals surface area contributed by atoms with Gasteiger partial charge in [-0.2, -0.15) is 0 Å². The normalized spacial score (nSPS) is 10.9. The highest BCUT2D eigenvalue weighted by molar-refractivity contribution is 5.76. The van der Waals surface area contributed by atoms with E-state index in [-0.39, 0.29) is 0 Å². The Morgan fingerprint density at radius 1 is 1.80 bits per heavy atom. The van der Waals surface area contributed by atoms with E-state index in [4.69, 9.17) is 5.21 Å². The second-order valence-electron chi connectivity index (χ2n) is 1.96. The molecule has 0 aliphatic carbocycles. The van der Waals surface area contributed by atoms with Crippen molar-refractivity contribution in [2.45, 2.75) is 13.5 Å². The molecule has 0 atom stereocenters. The summed E-state index contributed by atoms with van der Waals surface area (Å²) in [4.78, 5) is 0. The van der Waals surface area contributed by atoms with Gasteiger partial charge in [-0.1, -0.05) is 5.16 Å². The molecule has 54 valence electrons. The van der Waals surface area contributed by atoms with E-state index < -0.39 is 0 Å². The lowest BCUT2D eigenvalue weighted by molar-refractivity contribution is 0.321. The maximum atomic E-state index is 8.21. The molecule has 10 heavy (non-hydrogen) atoms. The van der Waals surface area contributed by atoms with Gasteiger partial charge in [0.05, 0.1) is 11.9 Å². The van der Waals surface area contributed by atoms with Crippen LogP contribution in [0.1, 0.15) is 12.6 Å². The minimum absolute atomic E-state index is 0.897. The van der Waals surface area contributed by atoms with E-state index >= 15 is 0 Å². The lowest BCUT2D eigenvalue weighted by Gasteiger charge is -1.97. The lowest BCUT2D eigenvalue weighted by atomic mass is 10.4. The van der Waals surface area contributed by atoms with Crippen LogP contribution >= 0.6 is 0 Å². The number of aromatic nitrogens is 1. The summed E-state index contributed by atoms with van der Waals surface area (Å²) in [5.41, 5.74) is 0.921. The van der Waals surface area contributed by atoms with Crippen molar-refractivity contribution in [2.75, 3.05) is 0 Å². The van der Waals surface area contributed by atoms with Crippen molar-refractivity contribution < 1.29 is 5.21 Å². The molecule has 1 heterocycles. The van der Waals surface area contributed by atoms with E-state index in [1.54, 1.807) is 0 Å². The smallest absolute Gasteiger partial charge is 0.0898 e. The summed E-state index contributed by atoms with van der Waals surface area (Å²) >= 11 is 0. The summed E-state index contributed by atoms with van der Waals surface area (Å²) in [6.45, 7) is 2.93. The fourth-order valence-electron chi connectivity index (χ4n) is 0.892. The molecule has 0 unspecified atom stereocenters. The quantitative estimate of drug-likeness (QED) is 0.373. The number of aryl methyl sites for hydroxylation is 1. The Balaban J connectivity index is 2.90. The highest BCUT2D eigenvalue weighted by Crippen LogP contribution is 1.97. The highest BCUT2D eigenvalue weighted by Gasteiger charge is 1.92. The van der Waals surface area contributed by atoms with Crippen LogP contribution in [0.25, 0.3) is 0 Å². The van der Waals surface area contributed by atoms with Crippen LogP contribution in [0.4, 0.5) is 0 Å². The van der Waals surface area contributed by atoms with E-state index in [1.165, 1.54) is 6.21 Å². The number of oxime groups is 1. The zero-order chi connectivity index (χ0) is 7.40. The van der Waals surface area contributed by atoms with Crippen molar-refractivity contribution in [1.29, 1.82) is 0 Å². The van der Waals surface area contributed by atoms with Crippen LogP contribution in [-0.4, -0.2) is 16.0 Å². The molecule has 0 saturated carbocycles. The van der Waals surface area contributed by atoms with Crippen molar-refractivity contribution in [3.63, 3.8) is 0 Å². The topological polar surface area (TPSA) is 37.5 Å². The van der Waals surface area contributed by atoms with E-state index in [2.05, 4.69) is 5.16 Å². The summed E-state index contributed by atoms with van der Waals surface area (Å²) in [5, 5.41) is 11.2. The van der Waals surface area contributed by atoms with Crippen LogP contribution < -0.4 is 0 Å². The van der Waals surface area contributed by atoms with Crippen molar-refractivity contribution in [1.82, 2.24) is 4.57 Å². The number of nitrogens with zero attached hydrogens (tertiary/aromatic N) is 2. The van der Waals surface area contributed by atoms with Crippen LogP contribution in [0.2, 0.25) is 0 Å². The molecule has 0 aliphatic heterocycles. The van der Waals surface area contributed by atoms with Crippen molar-refractivity contribution >= 4 is 6.21 Å². The van der Waals surface area contributed by atoms with E-state index in [0.29, 0.717) is 0 Å². The van der Waals surface area contributed by atoms with Crippen molar-refractivity contribution in [3.8, 4) is 0 Å². The molecule has 0 spiro atoms. The maximum Gasteiger partial charge on any atom is 0.0898 e. The summed E-state index contributed by atoms with van der Waals surface area (Å²) in [5.74, 6) is 0. The summed E-state index contributed by atoms with van der Waals surface area (Å²) in [6.07, 6.45) is 3.36. The molecule has 0 aromatic carbocycles. The Labute approximate surface area is 59.6 Å². The fraction of sp³-hybridized carbons (Fsp3) is 0.286. The molecular formula is C7H10N2O. The van der Waals surface area contributed by atoms with E-state index in [9.17, 15) is 0 Å². The molecule has 1 aromatic rings. The summed E-state index contributed by atoms with van der Waals surface area (Å²) in [7, 11) is 0. The highest BCUT2D eigenvalue weighted by atomic mass is 16.4. The van der Waals surface area contributed by atoms with Gasteiger partial charge in [-0.25, -0.2) is 0 Å². The Hall–Kier alpha value is -1.25. The largest absolute Gasteiger partial charge is 0.411 e. The van der Waals surface area contributed by atoms with Gasteiger partial charge in [-0.3, -0.25) is 0 Å². The lowest BCUT2D eigenvalue weighted by Crippen LogP contribution is -1.97. The van der Waals surface area contributed by atoms with Gasteiger partial charge in [0.25, 0.3) is 0 Å². The number of hydrogen-bond donors (Lipinski definition) is 1. The average molecular weight is 138 g/mol. The third-order valence-electron chi connectivity index (χ3n) is 1.40. The molecule has 1 aromatic heterocycles. The second kappa shape index (κ2) is 3.06. The van der Waals surface area contributed by atoms with Gasteiger partial charge in [-0.15, -0.1) is 0 Å². The molecule has 0 fully saturated rings. The molecule has 1 N–H and O–H groups in total. The van der Waals surface area contributed by atoms with Gasteiger partial charge in [0.2, 0.25) is 0 Å². The minimum Gasteiger partial charge on any atom is -0.411 e. The molecule has 0 radical (unpaired) electrons. The third-order valence-corrected chi connectivity index (χ3v) is 1.40. The van der Waals surface area contributed by atoms with Gasteiger partial charge < -0.3 is 9.77 Å². The first-order chi connectivity index (χ1) is 4.88. The van der Waals surface area contributed by atoms with E-state index in [0.717, 1.165) is 12.2 Å². The zero-order valence-corrected chi connectivity index (χ0v) is 5.86. The predicted octanol–water partition coefficient (Wildman–Crippen LogP) is 1.32. The zero-order valence-electron chi connectivity index (χ0n) is 5.86. The van der Waals surface area contributed by atoms with Gasteiger partial charge >= 0.3 is 0 Å². The second-order valence-corrected chi connectivity index (χ2v) is 1.96. The monoisotopic (exact) mass is 138 g/mol. The van der Waals surface area contributed by atoms with Crippen LogP contribution in [-0.2, 0) is 6.54 Å².